The standard InChI is InChI=1S/C19H19FN2O2S2/c1-14-4-2-3-5-16(14)13-26(23,24)22-12-19-21-11-18(25-19)10-15-6-8-17(20)9-7-15/h2-9,11,22H,10,12-13H2,1H3. The molecule has 0 aliphatic rings. The van der Waals surface area contributed by atoms with Crippen LogP contribution in [0.3, 0.4) is 0 Å². The van der Waals surface area contributed by atoms with Gasteiger partial charge in [-0.1, -0.05) is 36.4 Å². The molecule has 3 rings (SSSR count). The first-order valence-electron chi connectivity index (χ1n) is 8.11. The first kappa shape index (κ1) is 18.7. The van der Waals surface area contributed by atoms with Crippen LogP contribution in [0, 0.1) is 12.7 Å². The predicted octanol–water partition coefficient (Wildman–Crippen LogP) is 3.80. The summed E-state index contributed by atoms with van der Waals surface area (Å²) in [4.78, 5) is 5.28. The number of halogens is 1. The van der Waals surface area contributed by atoms with Gasteiger partial charge in [-0.25, -0.2) is 22.5 Å². The lowest BCUT2D eigenvalue weighted by Crippen LogP contribution is -2.24. The minimum atomic E-state index is -3.43. The van der Waals surface area contributed by atoms with Gasteiger partial charge in [-0.15, -0.1) is 11.3 Å². The highest BCUT2D eigenvalue weighted by Gasteiger charge is 2.14. The molecule has 0 aliphatic heterocycles. The minimum absolute atomic E-state index is 0.0481. The number of thiazole rings is 1. The van der Waals surface area contributed by atoms with E-state index < -0.39 is 10.0 Å². The van der Waals surface area contributed by atoms with Crippen molar-refractivity contribution in [3.63, 3.8) is 0 Å². The molecule has 4 nitrogen and oxygen atoms in total. The van der Waals surface area contributed by atoms with Gasteiger partial charge in [-0.3, -0.25) is 0 Å². The maximum atomic E-state index is 12.9. The number of hydrogen-bond acceptors (Lipinski definition) is 4. The van der Waals surface area contributed by atoms with Crippen molar-refractivity contribution in [2.24, 2.45) is 0 Å². The van der Waals surface area contributed by atoms with E-state index in [1.807, 2.05) is 31.2 Å². The molecule has 7 heteroatoms. The Bertz CT molecular complexity index is 983. The van der Waals surface area contributed by atoms with Gasteiger partial charge in [0.05, 0.1) is 12.3 Å². The van der Waals surface area contributed by atoms with E-state index >= 15 is 0 Å². The molecule has 1 heterocycles. The summed E-state index contributed by atoms with van der Waals surface area (Å²) in [7, 11) is -3.43. The summed E-state index contributed by atoms with van der Waals surface area (Å²) in [5, 5.41) is 0.704. The van der Waals surface area contributed by atoms with Gasteiger partial charge in [-0.2, -0.15) is 0 Å². The van der Waals surface area contributed by atoms with E-state index in [4.69, 9.17) is 0 Å². The molecule has 1 aromatic heterocycles. The first-order valence-corrected chi connectivity index (χ1v) is 10.6. The molecule has 136 valence electrons. The molecule has 0 unspecified atom stereocenters. The van der Waals surface area contributed by atoms with Crippen molar-refractivity contribution in [2.75, 3.05) is 0 Å². The second-order valence-corrected chi connectivity index (χ2v) is 9.04. The van der Waals surface area contributed by atoms with Crippen LogP contribution in [-0.2, 0) is 28.7 Å². The van der Waals surface area contributed by atoms with Gasteiger partial charge in [0.2, 0.25) is 10.0 Å². The van der Waals surface area contributed by atoms with E-state index in [0.717, 1.165) is 21.6 Å². The number of aryl methyl sites for hydroxylation is 1. The van der Waals surface area contributed by atoms with E-state index in [2.05, 4.69) is 9.71 Å². The van der Waals surface area contributed by atoms with Crippen LogP contribution in [-0.4, -0.2) is 13.4 Å². The molecule has 0 saturated heterocycles. The van der Waals surface area contributed by atoms with Crippen molar-refractivity contribution in [2.45, 2.75) is 25.6 Å². The minimum Gasteiger partial charge on any atom is -0.248 e. The van der Waals surface area contributed by atoms with Crippen LogP contribution in [0.4, 0.5) is 4.39 Å². The third kappa shape index (κ3) is 5.20. The number of nitrogens with zero attached hydrogens (tertiary/aromatic N) is 1. The maximum Gasteiger partial charge on any atom is 0.216 e. The van der Waals surface area contributed by atoms with Gasteiger partial charge in [-0.05, 0) is 35.7 Å². The van der Waals surface area contributed by atoms with Gasteiger partial charge in [0, 0.05) is 17.5 Å². The fourth-order valence-corrected chi connectivity index (χ4v) is 4.69. The summed E-state index contributed by atoms with van der Waals surface area (Å²) >= 11 is 1.45. The molecule has 26 heavy (non-hydrogen) atoms. The molecule has 0 spiro atoms. The zero-order chi connectivity index (χ0) is 18.6. The largest absolute Gasteiger partial charge is 0.248 e. The molecule has 0 fully saturated rings. The van der Waals surface area contributed by atoms with Crippen LogP contribution in [0.25, 0.3) is 0 Å². The van der Waals surface area contributed by atoms with Gasteiger partial charge >= 0.3 is 0 Å². The number of sulfonamides is 1. The number of benzene rings is 2. The monoisotopic (exact) mass is 390 g/mol. The number of aromatic nitrogens is 1. The molecule has 0 saturated carbocycles. The van der Waals surface area contributed by atoms with Crippen molar-refractivity contribution in [1.29, 1.82) is 0 Å². The first-order chi connectivity index (χ1) is 12.4. The molecule has 0 aliphatic carbocycles. The molecular weight excluding hydrogens is 371 g/mol. The number of nitrogens with one attached hydrogen (secondary N) is 1. The topological polar surface area (TPSA) is 59.1 Å². The van der Waals surface area contributed by atoms with Crippen molar-refractivity contribution in [3.05, 3.63) is 87.1 Å². The van der Waals surface area contributed by atoms with E-state index in [1.165, 1.54) is 23.5 Å². The Labute approximate surface area is 156 Å². The average Bonchev–Trinajstić information content (AvgIpc) is 3.05. The highest BCUT2D eigenvalue weighted by Crippen LogP contribution is 2.18. The summed E-state index contributed by atoms with van der Waals surface area (Å²) in [5.41, 5.74) is 2.73. The highest BCUT2D eigenvalue weighted by molar-refractivity contribution is 7.88. The highest BCUT2D eigenvalue weighted by atomic mass is 32.2. The van der Waals surface area contributed by atoms with E-state index in [9.17, 15) is 12.8 Å². The van der Waals surface area contributed by atoms with Gasteiger partial charge < -0.3 is 0 Å². The van der Waals surface area contributed by atoms with Crippen LogP contribution in [0.15, 0.2) is 54.7 Å². The van der Waals surface area contributed by atoms with Crippen LogP contribution in [0.5, 0.6) is 0 Å². The molecule has 0 bridgehead atoms. The van der Waals surface area contributed by atoms with Crippen molar-refractivity contribution < 1.29 is 12.8 Å². The Balaban J connectivity index is 1.58. The Morgan fingerprint density at radius 1 is 1.12 bits per heavy atom. The average molecular weight is 391 g/mol. The summed E-state index contributed by atoms with van der Waals surface area (Å²) in [5.74, 6) is -0.310. The molecule has 3 aromatic rings. The van der Waals surface area contributed by atoms with Crippen molar-refractivity contribution >= 4 is 21.4 Å². The molecule has 1 N–H and O–H groups in total. The Hall–Kier alpha value is -2.09. The SMILES string of the molecule is Cc1ccccc1CS(=O)(=O)NCc1ncc(Cc2ccc(F)cc2)s1. The van der Waals surface area contributed by atoms with E-state index in [1.54, 1.807) is 18.3 Å². The number of hydrogen-bond donors (Lipinski definition) is 1. The zero-order valence-electron chi connectivity index (χ0n) is 14.3. The fraction of sp³-hybridized carbons (Fsp3) is 0.211. The summed E-state index contributed by atoms with van der Waals surface area (Å²) in [6.45, 7) is 2.07. The number of rotatable bonds is 7. The van der Waals surface area contributed by atoms with Gasteiger partial charge in [0.25, 0.3) is 0 Å². The third-order valence-corrected chi connectivity index (χ3v) is 6.22. The van der Waals surface area contributed by atoms with Crippen molar-refractivity contribution in [3.8, 4) is 0 Å². The van der Waals surface area contributed by atoms with Crippen LogP contribution in [0.2, 0.25) is 0 Å². The zero-order valence-corrected chi connectivity index (χ0v) is 15.9. The van der Waals surface area contributed by atoms with Crippen LogP contribution in [0.1, 0.15) is 26.6 Å². The summed E-state index contributed by atoms with van der Waals surface area (Å²) in [6, 6.07) is 13.8. The van der Waals surface area contributed by atoms with Gasteiger partial charge in [0.1, 0.15) is 10.8 Å². The molecule has 2 aromatic carbocycles. The van der Waals surface area contributed by atoms with E-state index in [-0.39, 0.29) is 18.1 Å². The second-order valence-electron chi connectivity index (χ2n) is 6.03. The van der Waals surface area contributed by atoms with Crippen LogP contribution < -0.4 is 4.72 Å². The quantitative estimate of drug-likeness (QED) is 0.668. The van der Waals surface area contributed by atoms with E-state index in [0.29, 0.717) is 11.4 Å². The second kappa shape index (κ2) is 8.07. The van der Waals surface area contributed by atoms with Gasteiger partial charge in [0.15, 0.2) is 0 Å². The Morgan fingerprint density at radius 3 is 2.58 bits per heavy atom. The Kier molecular flexibility index (Phi) is 5.80. The molecular formula is C19H19FN2O2S2. The Morgan fingerprint density at radius 2 is 1.85 bits per heavy atom. The molecule has 0 amide bonds. The predicted molar refractivity (Wildman–Crippen MR) is 102 cm³/mol. The summed E-state index contributed by atoms with van der Waals surface area (Å²) < 4.78 is 40.1. The smallest absolute Gasteiger partial charge is 0.216 e. The molecule has 0 atom stereocenters. The van der Waals surface area contributed by atoms with Crippen LogP contribution >= 0.6 is 11.3 Å². The summed E-state index contributed by atoms with van der Waals surface area (Å²) in [6.07, 6.45) is 2.38. The fourth-order valence-electron chi connectivity index (χ4n) is 2.51. The third-order valence-electron chi connectivity index (χ3n) is 3.94. The maximum absolute atomic E-state index is 12.9. The lowest BCUT2D eigenvalue weighted by molar-refractivity contribution is 0.580. The van der Waals surface area contributed by atoms with Crippen molar-refractivity contribution in [1.82, 2.24) is 9.71 Å². The lowest BCUT2D eigenvalue weighted by atomic mass is 10.1. The normalized spacial score (nSPS) is 11.6. The molecule has 0 radical (unpaired) electrons. The lowest BCUT2D eigenvalue weighted by Gasteiger charge is -2.07.